The summed E-state index contributed by atoms with van der Waals surface area (Å²) in [5.41, 5.74) is 4.51. The average molecular weight is 687 g/mol. The third-order valence-corrected chi connectivity index (χ3v) is 9.97. The summed E-state index contributed by atoms with van der Waals surface area (Å²) in [7, 11) is 0. The first-order valence-electron chi connectivity index (χ1n) is 15.0. The number of hydrogen-bond donors (Lipinski definition) is 3. The zero-order valence-electron chi connectivity index (χ0n) is 25.8. The number of rotatable bonds is 11. The molecule has 3 amide bonds. The van der Waals surface area contributed by atoms with Crippen LogP contribution in [0.3, 0.4) is 0 Å². The van der Waals surface area contributed by atoms with Crippen molar-refractivity contribution < 1.29 is 14.4 Å². The number of thiazole rings is 1. The maximum Gasteiger partial charge on any atom is 0.272 e. The largest absolute Gasteiger partial charge is 0.321 e. The topological polar surface area (TPSA) is 100 Å². The molecule has 7 nitrogen and oxygen atoms in total. The Balaban J connectivity index is 1.21. The first-order chi connectivity index (χ1) is 23.4. The van der Waals surface area contributed by atoms with Crippen LogP contribution in [0.15, 0.2) is 143 Å². The van der Waals surface area contributed by atoms with Gasteiger partial charge in [0.1, 0.15) is 10.9 Å². The van der Waals surface area contributed by atoms with Crippen molar-refractivity contribution in [1.82, 2.24) is 10.3 Å². The van der Waals surface area contributed by atoms with Gasteiger partial charge in [0.05, 0.1) is 10.6 Å². The molecular weight excluding hydrogens is 657 g/mol. The molecular formula is C38H30N4O3S3. The quantitative estimate of drug-likeness (QED) is 0.0933. The molecule has 0 spiro atoms. The number of aromatic nitrogens is 1. The maximum absolute atomic E-state index is 13.7. The summed E-state index contributed by atoms with van der Waals surface area (Å²) in [6, 6.07) is 37.2. The fraction of sp³-hybridized carbons (Fsp3) is 0.0526. The van der Waals surface area contributed by atoms with Crippen LogP contribution in [0, 0.1) is 6.92 Å². The summed E-state index contributed by atoms with van der Waals surface area (Å²) in [4.78, 5) is 46.8. The molecule has 1 unspecified atom stereocenters. The van der Waals surface area contributed by atoms with Crippen LogP contribution in [-0.4, -0.2) is 22.7 Å². The molecule has 0 fully saturated rings. The van der Waals surface area contributed by atoms with Crippen LogP contribution in [0.25, 0.3) is 16.6 Å². The molecule has 48 heavy (non-hydrogen) atoms. The van der Waals surface area contributed by atoms with Crippen molar-refractivity contribution in [2.45, 2.75) is 17.1 Å². The Morgan fingerprint density at radius 3 is 2.31 bits per heavy atom. The van der Waals surface area contributed by atoms with Gasteiger partial charge in [-0.25, -0.2) is 4.98 Å². The fourth-order valence-electron chi connectivity index (χ4n) is 4.79. The van der Waals surface area contributed by atoms with E-state index in [4.69, 9.17) is 0 Å². The number of amides is 3. The van der Waals surface area contributed by atoms with Gasteiger partial charge in [0.25, 0.3) is 11.8 Å². The lowest BCUT2D eigenvalue weighted by Crippen LogP contribution is -2.30. The minimum atomic E-state index is -0.590. The molecule has 2 heterocycles. The lowest BCUT2D eigenvalue weighted by atomic mass is 10.1. The van der Waals surface area contributed by atoms with Crippen LogP contribution >= 0.6 is 34.4 Å². The van der Waals surface area contributed by atoms with Crippen LogP contribution in [0.5, 0.6) is 0 Å². The summed E-state index contributed by atoms with van der Waals surface area (Å²) < 4.78 is 0. The van der Waals surface area contributed by atoms with E-state index in [1.54, 1.807) is 47.7 Å². The molecule has 2 aromatic heterocycles. The molecule has 1 atom stereocenters. The number of nitrogens with zero attached hydrogens (tertiary/aromatic N) is 1. The summed E-state index contributed by atoms with van der Waals surface area (Å²) in [5, 5.41) is 12.6. The summed E-state index contributed by atoms with van der Waals surface area (Å²) in [6.45, 7) is 1.96. The Labute approximate surface area is 290 Å². The molecule has 6 aromatic rings. The van der Waals surface area contributed by atoms with Gasteiger partial charge in [0.2, 0.25) is 5.91 Å². The predicted octanol–water partition coefficient (Wildman–Crippen LogP) is 9.06. The second-order valence-corrected chi connectivity index (χ2v) is 13.7. The van der Waals surface area contributed by atoms with Crippen LogP contribution in [0.1, 0.15) is 32.3 Å². The van der Waals surface area contributed by atoms with Gasteiger partial charge in [-0.2, -0.15) is 0 Å². The zero-order valence-corrected chi connectivity index (χ0v) is 28.2. The van der Waals surface area contributed by atoms with E-state index in [9.17, 15) is 14.4 Å². The van der Waals surface area contributed by atoms with E-state index in [0.717, 1.165) is 32.2 Å². The Hall–Kier alpha value is -5.29. The van der Waals surface area contributed by atoms with E-state index in [1.165, 1.54) is 23.1 Å². The van der Waals surface area contributed by atoms with Gasteiger partial charge >= 0.3 is 0 Å². The van der Waals surface area contributed by atoms with E-state index < -0.39 is 17.1 Å². The summed E-state index contributed by atoms with van der Waals surface area (Å²) in [5.74, 6) is -1.08. The normalized spacial score (nSPS) is 11.8. The fourth-order valence-corrected chi connectivity index (χ4v) is 7.35. The van der Waals surface area contributed by atoms with Crippen molar-refractivity contribution in [1.29, 1.82) is 0 Å². The summed E-state index contributed by atoms with van der Waals surface area (Å²) >= 11 is 4.35. The molecule has 3 N–H and O–H groups in total. The van der Waals surface area contributed by atoms with E-state index in [0.29, 0.717) is 16.4 Å². The molecule has 0 bridgehead atoms. The van der Waals surface area contributed by atoms with Crippen molar-refractivity contribution in [2.24, 2.45) is 0 Å². The molecule has 6 rings (SSSR count). The highest BCUT2D eigenvalue weighted by atomic mass is 32.2. The van der Waals surface area contributed by atoms with Gasteiger partial charge in [-0.3, -0.25) is 14.4 Å². The number of carbonyl (C=O) groups is 3. The van der Waals surface area contributed by atoms with Crippen LogP contribution < -0.4 is 16.0 Å². The van der Waals surface area contributed by atoms with Crippen LogP contribution in [-0.2, 0) is 9.59 Å². The number of thiophene rings is 1. The number of benzene rings is 4. The molecule has 0 saturated carbocycles. The highest BCUT2D eigenvalue weighted by Crippen LogP contribution is 2.38. The Morgan fingerprint density at radius 2 is 1.56 bits per heavy atom. The standard InChI is InChI=1S/C38H30N4O3S3/c1-25-11-8-12-26(21-25)22-31(40-35(43)28-15-6-3-7-16-28)36(44)39-29-17-9-18-30(23-29)48-34(27-13-4-2-5-14-27)37(45)42-38-41-32(24-47-38)33-19-10-20-46-33/h2-24,34H,1H3,(H,39,44)(H,40,43)(H,41,42,45)/b31-22+. The lowest BCUT2D eigenvalue weighted by Gasteiger charge is -2.17. The van der Waals surface area contributed by atoms with Gasteiger partial charge in [-0.15, -0.1) is 34.4 Å². The van der Waals surface area contributed by atoms with E-state index >= 15 is 0 Å². The van der Waals surface area contributed by atoms with Gasteiger partial charge < -0.3 is 16.0 Å². The first kappa shape index (κ1) is 32.6. The Bertz CT molecular complexity index is 2060. The molecule has 0 aliphatic heterocycles. The van der Waals surface area contributed by atoms with Gasteiger partial charge in [0, 0.05) is 21.5 Å². The maximum atomic E-state index is 13.7. The SMILES string of the molecule is Cc1cccc(/C=C(/NC(=O)c2ccccc2)C(=O)Nc2cccc(SC(C(=O)Nc3nc(-c4cccs4)cs3)c3ccccc3)c2)c1. The van der Waals surface area contributed by atoms with Gasteiger partial charge in [-0.1, -0.05) is 90.5 Å². The van der Waals surface area contributed by atoms with E-state index in [1.807, 2.05) is 109 Å². The van der Waals surface area contributed by atoms with Crippen molar-refractivity contribution in [3.05, 3.63) is 160 Å². The Morgan fingerprint density at radius 1 is 0.792 bits per heavy atom. The number of hydrogen-bond acceptors (Lipinski definition) is 7. The zero-order chi connectivity index (χ0) is 33.3. The summed E-state index contributed by atoms with van der Waals surface area (Å²) in [6.07, 6.45) is 1.65. The molecule has 0 saturated heterocycles. The van der Waals surface area contributed by atoms with Crippen molar-refractivity contribution in [2.75, 3.05) is 10.6 Å². The van der Waals surface area contributed by atoms with Gasteiger partial charge in [0.15, 0.2) is 5.13 Å². The van der Waals surface area contributed by atoms with Crippen molar-refractivity contribution in [3.8, 4) is 10.6 Å². The average Bonchev–Trinajstić information content (AvgIpc) is 3.81. The second-order valence-electron chi connectivity index (χ2n) is 10.7. The number of aryl methyl sites for hydroxylation is 1. The monoisotopic (exact) mass is 686 g/mol. The minimum absolute atomic E-state index is 0.0967. The number of nitrogens with one attached hydrogen (secondary N) is 3. The third-order valence-electron chi connectivity index (χ3n) is 7.08. The number of anilines is 2. The van der Waals surface area contributed by atoms with Crippen molar-refractivity contribution in [3.63, 3.8) is 0 Å². The number of carbonyl (C=O) groups excluding carboxylic acids is 3. The first-order valence-corrected chi connectivity index (χ1v) is 17.6. The molecule has 0 aliphatic carbocycles. The highest BCUT2D eigenvalue weighted by Gasteiger charge is 2.24. The molecule has 0 aliphatic rings. The van der Waals surface area contributed by atoms with Gasteiger partial charge in [-0.05, 0) is 65.9 Å². The Kier molecular flexibility index (Phi) is 10.6. The highest BCUT2D eigenvalue weighted by molar-refractivity contribution is 8.00. The molecule has 4 aromatic carbocycles. The second kappa shape index (κ2) is 15.5. The smallest absolute Gasteiger partial charge is 0.272 e. The molecule has 238 valence electrons. The lowest BCUT2D eigenvalue weighted by molar-refractivity contribution is -0.116. The van der Waals surface area contributed by atoms with E-state index in [-0.39, 0.29) is 11.6 Å². The molecule has 0 radical (unpaired) electrons. The van der Waals surface area contributed by atoms with E-state index in [2.05, 4.69) is 20.9 Å². The molecule has 10 heteroatoms. The van der Waals surface area contributed by atoms with Crippen LogP contribution in [0.2, 0.25) is 0 Å². The van der Waals surface area contributed by atoms with Crippen molar-refractivity contribution >= 4 is 69.1 Å². The predicted molar refractivity (Wildman–Crippen MR) is 197 cm³/mol. The number of thioether (sulfide) groups is 1. The third kappa shape index (κ3) is 8.54. The minimum Gasteiger partial charge on any atom is -0.321 e. The van der Waals surface area contributed by atoms with Crippen LogP contribution in [0.4, 0.5) is 10.8 Å².